The zero-order valence-corrected chi connectivity index (χ0v) is 14.8. The lowest BCUT2D eigenvalue weighted by Gasteiger charge is -2.12. The van der Waals surface area contributed by atoms with Crippen molar-refractivity contribution in [3.63, 3.8) is 0 Å². The number of aromatic nitrogens is 1. The minimum absolute atomic E-state index is 0.0447. The van der Waals surface area contributed by atoms with Crippen molar-refractivity contribution in [3.8, 4) is 0 Å². The summed E-state index contributed by atoms with van der Waals surface area (Å²) in [6, 6.07) is 6.27. The summed E-state index contributed by atoms with van der Waals surface area (Å²) >= 11 is 1.24. The third-order valence-electron chi connectivity index (χ3n) is 3.51. The first-order valence-corrected chi connectivity index (χ1v) is 8.18. The highest BCUT2D eigenvalue weighted by molar-refractivity contribution is 7.07. The largest absolute Gasteiger partial charge is 0.478 e. The van der Waals surface area contributed by atoms with Gasteiger partial charge in [-0.1, -0.05) is 32.9 Å². The molecule has 126 valence electrons. The van der Waals surface area contributed by atoms with Gasteiger partial charge in [0.15, 0.2) is 5.78 Å². The van der Waals surface area contributed by atoms with Crippen molar-refractivity contribution in [1.82, 2.24) is 4.57 Å². The lowest BCUT2D eigenvalue weighted by Crippen LogP contribution is -2.30. The molecule has 1 aromatic heterocycles. The third kappa shape index (κ3) is 3.89. The molecule has 1 aromatic carbocycles. The first-order chi connectivity index (χ1) is 11.1. The lowest BCUT2D eigenvalue weighted by atomic mass is 9.91. The molecule has 5 nitrogen and oxygen atoms in total. The summed E-state index contributed by atoms with van der Waals surface area (Å²) < 4.78 is 2.54. The Kier molecular flexibility index (Phi) is 4.89. The second-order valence-corrected chi connectivity index (χ2v) is 7.56. The van der Waals surface area contributed by atoms with Crippen molar-refractivity contribution < 1.29 is 14.7 Å². The topological polar surface area (TPSA) is 76.4 Å². The van der Waals surface area contributed by atoms with E-state index >= 15 is 0 Å². The number of Topliss-reactive ketones (excluding diaryl/α,β-unsaturated/α-hetero) is 1. The molecule has 0 fully saturated rings. The Balaban J connectivity index is 2.51. The highest BCUT2D eigenvalue weighted by Crippen LogP contribution is 2.14. The lowest BCUT2D eigenvalue weighted by molar-refractivity contribution is -0.120. The van der Waals surface area contributed by atoms with Crippen LogP contribution in [-0.2, 0) is 11.8 Å². The number of carboxylic acids is 1. The number of rotatable bonds is 3. The van der Waals surface area contributed by atoms with Gasteiger partial charge in [0, 0.05) is 18.5 Å². The summed E-state index contributed by atoms with van der Waals surface area (Å²) in [5, 5.41) is 8.90. The van der Waals surface area contributed by atoms with E-state index in [4.69, 9.17) is 5.11 Å². The minimum Gasteiger partial charge on any atom is -0.478 e. The van der Waals surface area contributed by atoms with Gasteiger partial charge in [0.05, 0.1) is 10.1 Å². The second-order valence-electron chi connectivity index (χ2n) is 6.50. The number of carboxylic acid groups (broad SMARTS) is 1. The molecule has 6 heteroatoms. The van der Waals surface area contributed by atoms with Crippen molar-refractivity contribution in [2.45, 2.75) is 20.8 Å². The smallest absolute Gasteiger partial charge is 0.335 e. The molecule has 2 aromatic rings. The fourth-order valence-electron chi connectivity index (χ4n) is 1.91. The standard InChI is InChI=1S/C18H19NO4S/c1-18(2,3)14(20)10-15-19(4)16(21)13(24-15)9-11-5-7-12(8-6-11)17(22)23/h5-10H,1-4H3,(H,22,23). The zero-order chi connectivity index (χ0) is 18.1. The van der Waals surface area contributed by atoms with E-state index in [9.17, 15) is 14.4 Å². The molecule has 0 unspecified atom stereocenters. The van der Waals surface area contributed by atoms with Crippen LogP contribution >= 0.6 is 11.3 Å². The van der Waals surface area contributed by atoms with Crippen LogP contribution in [0.2, 0.25) is 0 Å². The predicted octanol–water partition coefficient (Wildman–Crippen LogP) is 1.37. The van der Waals surface area contributed by atoms with Crippen molar-refractivity contribution >= 4 is 35.2 Å². The van der Waals surface area contributed by atoms with E-state index in [1.807, 2.05) is 20.8 Å². The fourth-order valence-corrected chi connectivity index (χ4v) is 2.94. The van der Waals surface area contributed by atoms with E-state index in [-0.39, 0.29) is 16.9 Å². The van der Waals surface area contributed by atoms with Gasteiger partial charge in [-0.3, -0.25) is 9.59 Å². The predicted molar refractivity (Wildman–Crippen MR) is 94.7 cm³/mol. The summed E-state index contributed by atoms with van der Waals surface area (Å²) in [4.78, 5) is 35.3. The van der Waals surface area contributed by atoms with Crippen molar-refractivity contribution in [2.75, 3.05) is 0 Å². The Labute approximate surface area is 143 Å². The third-order valence-corrected chi connectivity index (χ3v) is 4.62. The Morgan fingerprint density at radius 3 is 2.25 bits per heavy atom. The first kappa shape index (κ1) is 17.9. The van der Waals surface area contributed by atoms with Gasteiger partial charge in [0.2, 0.25) is 0 Å². The molecule has 0 aliphatic rings. The van der Waals surface area contributed by atoms with Gasteiger partial charge in [-0.25, -0.2) is 4.79 Å². The molecular formula is C18H19NO4S. The van der Waals surface area contributed by atoms with Crippen molar-refractivity contribution in [1.29, 1.82) is 0 Å². The van der Waals surface area contributed by atoms with E-state index in [0.29, 0.717) is 9.20 Å². The number of carbonyl (C=O) groups excluding carboxylic acids is 1. The van der Waals surface area contributed by atoms with E-state index in [1.54, 1.807) is 25.3 Å². The summed E-state index contributed by atoms with van der Waals surface area (Å²) in [7, 11) is 1.63. The number of thiazole rings is 1. The van der Waals surface area contributed by atoms with Crippen LogP contribution < -0.4 is 14.8 Å². The average molecular weight is 345 g/mol. The first-order valence-electron chi connectivity index (χ1n) is 7.36. The van der Waals surface area contributed by atoms with Gasteiger partial charge in [-0.05, 0) is 23.8 Å². The van der Waals surface area contributed by atoms with Crippen molar-refractivity contribution in [3.05, 3.63) is 54.9 Å². The molecule has 0 amide bonds. The number of benzene rings is 1. The number of carbonyl (C=O) groups is 2. The summed E-state index contributed by atoms with van der Waals surface area (Å²) in [6.45, 7) is 5.48. The number of ketones is 1. The molecule has 1 heterocycles. The van der Waals surface area contributed by atoms with Crippen LogP contribution in [0.1, 0.15) is 36.7 Å². The highest BCUT2D eigenvalue weighted by atomic mass is 32.1. The van der Waals surface area contributed by atoms with Crippen LogP contribution in [0.3, 0.4) is 0 Å². The Bertz CT molecular complexity index is 956. The Morgan fingerprint density at radius 2 is 1.75 bits per heavy atom. The number of nitrogens with zero attached hydrogens (tertiary/aromatic N) is 1. The molecule has 0 radical (unpaired) electrons. The monoisotopic (exact) mass is 345 g/mol. The summed E-state index contributed by atoms with van der Waals surface area (Å²) in [5.41, 5.74) is 0.232. The molecule has 0 aliphatic carbocycles. The quantitative estimate of drug-likeness (QED) is 0.911. The fraction of sp³-hybridized carbons (Fsp3) is 0.278. The van der Waals surface area contributed by atoms with Crippen LogP contribution in [0.15, 0.2) is 29.1 Å². The number of aromatic carboxylic acids is 1. The van der Waals surface area contributed by atoms with E-state index in [1.165, 1.54) is 34.1 Å². The van der Waals surface area contributed by atoms with Gasteiger partial charge >= 0.3 is 5.97 Å². The maximum atomic E-state index is 12.3. The molecule has 0 saturated carbocycles. The van der Waals surface area contributed by atoms with Crippen LogP contribution in [-0.4, -0.2) is 21.4 Å². The van der Waals surface area contributed by atoms with Gasteiger partial charge in [-0.15, -0.1) is 11.3 Å². The summed E-state index contributed by atoms with van der Waals surface area (Å²) in [5.74, 6) is -1.04. The van der Waals surface area contributed by atoms with Gasteiger partial charge in [-0.2, -0.15) is 0 Å². The Morgan fingerprint density at radius 1 is 1.17 bits per heavy atom. The van der Waals surface area contributed by atoms with Crippen LogP contribution in [0.5, 0.6) is 0 Å². The molecular weight excluding hydrogens is 326 g/mol. The molecule has 2 rings (SSSR count). The van der Waals surface area contributed by atoms with Crippen LogP contribution in [0.4, 0.5) is 0 Å². The van der Waals surface area contributed by atoms with E-state index in [0.717, 1.165) is 5.56 Å². The normalized spacial score (nSPS) is 13.3. The molecule has 0 saturated heterocycles. The molecule has 0 aliphatic heterocycles. The van der Waals surface area contributed by atoms with Gasteiger partial charge in [0.25, 0.3) is 5.56 Å². The maximum absolute atomic E-state index is 12.3. The second kappa shape index (κ2) is 6.57. The zero-order valence-electron chi connectivity index (χ0n) is 14.0. The van der Waals surface area contributed by atoms with Crippen LogP contribution in [0.25, 0.3) is 12.2 Å². The van der Waals surface area contributed by atoms with Crippen molar-refractivity contribution in [2.24, 2.45) is 12.5 Å². The molecule has 0 atom stereocenters. The van der Waals surface area contributed by atoms with Gasteiger partial charge < -0.3 is 9.67 Å². The van der Waals surface area contributed by atoms with E-state index < -0.39 is 11.4 Å². The number of hydrogen-bond acceptors (Lipinski definition) is 4. The molecule has 0 bridgehead atoms. The summed E-state index contributed by atoms with van der Waals surface area (Å²) in [6.07, 6.45) is 3.19. The highest BCUT2D eigenvalue weighted by Gasteiger charge is 2.19. The Hall–Kier alpha value is -2.47. The maximum Gasteiger partial charge on any atom is 0.335 e. The molecule has 1 N–H and O–H groups in total. The SMILES string of the molecule is Cn1c(=CC(=O)C(C)(C)C)sc(=Cc2ccc(C(=O)O)cc2)c1=O. The van der Waals surface area contributed by atoms with Crippen LogP contribution in [0, 0.1) is 5.41 Å². The average Bonchev–Trinajstić information content (AvgIpc) is 2.75. The van der Waals surface area contributed by atoms with E-state index in [2.05, 4.69) is 0 Å². The number of hydrogen-bond donors (Lipinski definition) is 1. The minimum atomic E-state index is -0.994. The molecule has 24 heavy (non-hydrogen) atoms. The van der Waals surface area contributed by atoms with Gasteiger partial charge in [0.1, 0.15) is 4.66 Å². The molecule has 0 spiro atoms.